The number of hydrogen-bond acceptors (Lipinski definition) is 4. The van der Waals surface area contributed by atoms with Crippen LogP contribution in [0.3, 0.4) is 0 Å². The molecule has 2 aliphatic rings. The van der Waals surface area contributed by atoms with Gasteiger partial charge in [0.2, 0.25) is 5.91 Å². The van der Waals surface area contributed by atoms with Gasteiger partial charge in [0, 0.05) is 37.9 Å². The Bertz CT molecular complexity index is 269. The molecule has 2 fully saturated rings. The Morgan fingerprint density at radius 2 is 2.00 bits per heavy atom. The number of amides is 1. The van der Waals surface area contributed by atoms with Crippen molar-refractivity contribution < 1.29 is 9.53 Å². The third kappa shape index (κ3) is 3.40. The molecule has 2 atom stereocenters. The summed E-state index contributed by atoms with van der Waals surface area (Å²) in [6.07, 6.45) is 1.80. The molecule has 5 heteroatoms. The number of carbonyl (C=O) groups is 1. The fraction of sp³-hybridized carbons (Fsp3) is 0.917. The van der Waals surface area contributed by atoms with E-state index in [0.717, 1.165) is 32.6 Å². The average molecular weight is 241 g/mol. The third-order valence-corrected chi connectivity index (χ3v) is 3.68. The summed E-state index contributed by atoms with van der Waals surface area (Å²) < 4.78 is 5.33. The van der Waals surface area contributed by atoms with E-state index in [4.69, 9.17) is 4.74 Å². The predicted molar refractivity (Wildman–Crippen MR) is 65.9 cm³/mol. The maximum Gasteiger partial charge on any atom is 0.238 e. The van der Waals surface area contributed by atoms with Crippen LogP contribution in [0.15, 0.2) is 0 Å². The highest BCUT2D eigenvalue weighted by Gasteiger charge is 2.32. The van der Waals surface area contributed by atoms with Crippen LogP contribution < -0.4 is 16.0 Å². The van der Waals surface area contributed by atoms with Crippen LogP contribution in [-0.2, 0) is 9.53 Å². The Kier molecular flexibility index (Phi) is 4.01. The van der Waals surface area contributed by atoms with E-state index in [2.05, 4.69) is 29.8 Å². The minimum absolute atomic E-state index is 0.0971. The van der Waals surface area contributed by atoms with Gasteiger partial charge in [-0.05, 0) is 26.7 Å². The lowest BCUT2D eigenvalue weighted by Gasteiger charge is -2.37. The summed E-state index contributed by atoms with van der Waals surface area (Å²) in [6.45, 7) is 7.25. The number of rotatable bonds is 2. The van der Waals surface area contributed by atoms with E-state index in [1.165, 1.54) is 0 Å². The van der Waals surface area contributed by atoms with Gasteiger partial charge in [-0.15, -0.1) is 0 Å². The highest BCUT2D eigenvalue weighted by molar-refractivity contribution is 5.82. The van der Waals surface area contributed by atoms with Crippen molar-refractivity contribution in [2.75, 3.05) is 26.3 Å². The van der Waals surface area contributed by atoms with Gasteiger partial charge in [-0.25, -0.2) is 0 Å². The summed E-state index contributed by atoms with van der Waals surface area (Å²) in [5, 5.41) is 9.74. The Labute approximate surface area is 103 Å². The van der Waals surface area contributed by atoms with Crippen LogP contribution in [0.5, 0.6) is 0 Å². The summed E-state index contributed by atoms with van der Waals surface area (Å²) in [7, 11) is 0. The Hall–Kier alpha value is -0.650. The lowest BCUT2D eigenvalue weighted by atomic mass is 9.92. The van der Waals surface area contributed by atoms with E-state index in [1.54, 1.807) is 0 Å². The number of hydrogen-bond donors (Lipinski definition) is 3. The zero-order valence-electron chi connectivity index (χ0n) is 10.7. The Morgan fingerprint density at radius 3 is 2.59 bits per heavy atom. The molecule has 17 heavy (non-hydrogen) atoms. The van der Waals surface area contributed by atoms with Crippen molar-refractivity contribution in [3.05, 3.63) is 0 Å². The first-order valence-electron chi connectivity index (χ1n) is 6.46. The van der Waals surface area contributed by atoms with Gasteiger partial charge in [-0.2, -0.15) is 0 Å². The second-order valence-electron chi connectivity index (χ2n) is 5.43. The molecule has 0 saturated carbocycles. The van der Waals surface area contributed by atoms with Crippen molar-refractivity contribution in [3.63, 3.8) is 0 Å². The number of nitrogens with one attached hydrogen (secondary N) is 3. The molecule has 2 saturated heterocycles. The monoisotopic (exact) mass is 241 g/mol. The van der Waals surface area contributed by atoms with E-state index in [-0.39, 0.29) is 17.5 Å². The molecule has 3 N–H and O–H groups in total. The molecule has 98 valence electrons. The topological polar surface area (TPSA) is 62.4 Å². The molecule has 1 amide bonds. The minimum atomic E-state index is -0.106. The second kappa shape index (κ2) is 5.33. The standard InChI is InChI=1S/C12H23N3O2/c1-9-7-14-10(8-13-9)11(16)15-12(2)3-5-17-6-4-12/h9-10,13-14H,3-8H2,1-2H3,(H,15,16). The molecule has 5 nitrogen and oxygen atoms in total. The van der Waals surface area contributed by atoms with Gasteiger partial charge in [-0.1, -0.05) is 0 Å². The van der Waals surface area contributed by atoms with Gasteiger partial charge in [-0.3, -0.25) is 4.79 Å². The quantitative estimate of drug-likeness (QED) is 0.617. The molecule has 0 bridgehead atoms. The molecular weight excluding hydrogens is 218 g/mol. The number of carbonyl (C=O) groups excluding carboxylic acids is 1. The maximum atomic E-state index is 12.1. The Balaban J connectivity index is 1.83. The van der Waals surface area contributed by atoms with E-state index < -0.39 is 0 Å². The molecule has 0 aromatic carbocycles. The van der Waals surface area contributed by atoms with E-state index in [9.17, 15) is 4.79 Å². The second-order valence-corrected chi connectivity index (χ2v) is 5.43. The van der Waals surface area contributed by atoms with Gasteiger partial charge in [0.15, 0.2) is 0 Å². The lowest BCUT2D eigenvalue weighted by molar-refractivity contribution is -0.126. The normalized spacial score (nSPS) is 33.1. The smallest absolute Gasteiger partial charge is 0.238 e. The van der Waals surface area contributed by atoms with Crippen molar-refractivity contribution in [1.29, 1.82) is 0 Å². The van der Waals surface area contributed by atoms with Gasteiger partial charge < -0.3 is 20.7 Å². The van der Waals surface area contributed by atoms with Crippen molar-refractivity contribution in [2.45, 2.75) is 44.3 Å². The van der Waals surface area contributed by atoms with Crippen molar-refractivity contribution in [1.82, 2.24) is 16.0 Å². The fourth-order valence-corrected chi connectivity index (χ4v) is 2.30. The van der Waals surface area contributed by atoms with Crippen LogP contribution in [0.4, 0.5) is 0 Å². The third-order valence-electron chi connectivity index (χ3n) is 3.68. The average Bonchev–Trinajstić information content (AvgIpc) is 2.30. The molecule has 2 rings (SSSR count). The molecular formula is C12H23N3O2. The zero-order chi connectivity index (χ0) is 12.3. The molecule has 2 heterocycles. The number of ether oxygens (including phenoxy) is 1. The van der Waals surface area contributed by atoms with Gasteiger partial charge in [0.1, 0.15) is 0 Å². The summed E-state index contributed by atoms with van der Waals surface area (Å²) in [5.74, 6) is 0.105. The number of piperazine rings is 1. The van der Waals surface area contributed by atoms with Crippen molar-refractivity contribution >= 4 is 5.91 Å². The summed E-state index contributed by atoms with van der Waals surface area (Å²) in [6, 6.07) is 0.337. The SMILES string of the molecule is CC1CNC(C(=O)NC2(C)CCOCC2)CN1. The minimum Gasteiger partial charge on any atom is -0.381 e. The molecule has 0 aromatic heterocycles. The van der Waals surface area contributed by atoms with Gasteiger partial charge in [0.25, 0.3) is 0 Å². The molecule has 2 unspecified atom stereocenters. The highest BCUT2D eigenvalue weighted by atomic mass is 16.5. The van der Waals surface area contributed by atoms with Crippen LogP contribution in [0.25, 0.3) is 0 Å². The molecule has 0 aliphatic carbocycles. The van der Waals surface area contributed by atoms with Crippen LogP contribution in [0, 0.1) is 0 Å². The summed E-state index contributed by atoms with van der Waals surface area (Å²) in [5.41, 5.74) is -0.0971. The van der Waals surface area contributed by atoms with Crippen LogP contribution in [0.1, 0.15) is 26.7 Å². The van der Waals surface area contributed by atoms with E-state index in [0.29, 0.717) is 12.6 Å². The first-order valence-corrected chi connectivity index (χ1v) is 6.46. The molecule has 0 spiro atoms. The van der Waals surface area contributed by atoms with E-state index in [1.807, 2.05) is 0 Å². The predicted octanol–water partition coefficient (Wildman–Crippen LogP) is -0.378. The van der Waals surface area contributed by atoms with Crippen LogP contribution in [0.2, 0.25) is 0 Å². The first-order chi connectivity index (χ1) is 8.09. The summed E-state index contributed by atoms with van der Waals surface area (Å²) in [4.78, 5) is 12.1. The first kappa shape index (κ1) is 12.8. The highest BCUT2D eigenvalue weighted by Crippen LogP contribution is 2.19. The Morgan fingerprint density at radius 1 is 1.29 bits per heavy atom. The zero-order valence-corrected chi connectivity index (χ0v) is 10.7. The summed E-state index contributed by atoms with van der Waals surface area (Å²) >= 11 is 0. The molecule has 2 aliphatic heterocycles. The molecule has 0 aromatic rings. The van der Waals surface area contributed by atoms with Gasteiger partial charge >= 0.3 is 0 Å². The van der Waals surface area contributed by atoms with Crippen LogP contribution in [-0.4, -0.2) is 49.8 Å². The van der Waals surface area contributed by atoms with Gasteiger partial charge in [0.05, 0.1) is 6.04 Å². The lowest BCUT2D eigenvalue weighted by Crippen LogP contribution is -2.62. The maximum absolute atomic E-state index is 12.1. The largest absolute Gasteiger partial charge is 0.381 e. The molecule has 0 radical (unpaired) electrons. The fourth-order valence-electron chi connectivity index (χ4n) is 2.30. The van der Waals surface area contributed by atoms with Crippen LogP contribution >= 0.6 is 0 Å². The van der Waals surface area contributed by atoms with Crippen molar-refractivity contribution in [3.8, 4) is 0 Å². The van der Waals surface area contributed by atoms with Crippen molar-refractivity contribution in [2.24, 2.45) is 0 Å². The van der Waals surface area contributed by atoms with E-state index >= 15 is 0 Å².